The van der Waals surface area contributed by atoms with Gasteiger partial charge in [-0.1, -0.05) is 42.5 Å². The summed E-state index contributed by atoms with van der Waals surface area (Å²) < 4.78 is 27.0. The molecular weight excluding hydrogens is 364 g/mol. The Bertz CT molecular complexity index is 916. The van der Waals surface area contributed by atoms with Crippen molar-refractivity contribution in [1.29, 1.82) is 0 Å². The van der Waals surface area contributed by atoms with Gasteiger partial charge in [0.05, 0.1) is 11.4 Å². The fourth-order valence-corrected chi connectivity index (χ4v) is 4.48. The fraction of sp³-hybridized carbons (Fsp3) is 0.300. The van der Waals surface area contributed by atoms with E-state index in [1.807, 2.05) is 23.1 Å². The van der Waals surface area contributed by atoms with Crippen LogP contribution in [0.2, 0.25) is 0 Å². The van der Waals surface area contributed by atoms with Crippen molar-refractivity contribution in [3.05, 3.63) is 65.7 Å². The van der Waals surface area contributed by atoms with Crippen LogP contribution < -0.4 is 0 Å². The van der Waals surface area contributed by atoms with Crippen LogP contribution in [0.1, 0.15) is 27.6 Å². The highest BCUT2D eigenvalue weighted by Crippen LogP contribution is 2.18. The summed E-state index contributed by atoms with van der Waals surface area (Å²) in [5, 5.41) is 0. The first kappa shape index (κ1) is 19.4. The molecule has 1 aliphatic heterocycles. The van der Waals surface area contributed by atoms with Crippen LogP contribution in [0.4, 0.5) is 0 Å². The van der Waals surface area contributed by atoms with Crippen LogP contribution in [-0.2, 0) is 10.0 Å². The minimum Gasteiger partial charge on any atom is -0.295 e. The Hall–Kier alpha value is -2.35. The molecule has 0 radical (unpaired) electrons. The number of Topliss-reactive ketones (excluding diaryl/α,β-unsaturated/α-hetero) is 2. The lowest BCUT2D eigenvalue weighted by molar-refractivity contribution is 0.0901. The molecule has 0 aromatic heterocycles. The zero-order valence-electron chi connectivity index (χ0n) is 15.2. The van der Waals surface area contributed by atoms with Gasteiger partial charge in [-0.2, -0.15) is 4.31 Å². The summed E-state index contributed by atoms with van der Waals surface area (Å²) >= 11 is 0. The molecule has 0 N–H and O–H groups in total. The van der Waals surface area contributed by atoms with E-state index in [-0.39, 0.29) is 23.0 Å². The molecule has 0 amide bonds. The number of piperazine rings is 1. The molecule has 1 heterocycles. The summed E-state index contributed by atoms with van der Waals surface area (Å²) in [5.74, 6) is -0.0672. The summed E-state index contributed by atoms with van der Waals surface area (Å²) in [6, 6.07) is 15.1. The lowest BCUT2D eigenvalue weighted by atomic mass is 10.1. The molecule has 7 heteroatoms. The molecule has 2 aromatic rings. The van der Waals surface area contributed by atoms with Crippen molar-refractivity contribution in [3.8, 4) is 0 Å². The number of sulfonamides is 1. The van der Waals surface area contributed by atoms with E-state index in [2.05, 4.69) is 0 Å². The molecule has 27 heavy (non-hydrogen) atoms. The second kappa shape index (κ2) is 8.12. The second-order valence-corrected chi connectivity index (χ2v) is 8.49. The van der Waals surface area contributed by atoms with Gasteiger partial charge in [0.1, 0.15) is 0 Å². The molecule has 0 aliphatic carbocycles. The van der Waals surface area contributed by atoms with Crippen molar-refractivity contribution in [1.82, 2.24) is 9.21 Å². The molecule has 142 valence electrons. The number of hydrogen-bond acceptors (Lipinski definition) is 5. The number of hydrogen-bond donors (Lipinski definition) is 0. The molecule has 0 spiro atoms. The molecule has 0 saturated carbocycles. The number of benzene rings is 2. The molecule has 0 bridgehead atoms. The molecule has 6 nitrogen and oxygen atoms in total. The maximum atomic E-state index is 12.8. The molecule has 1 fully saturated rings. The lowest BCUT2D eigenvalue weighted by Crippen LogP contribution is -2.49. The van der Waals surface area contributed by atoms with Gasteiger partial charge in [-0.25, -0.2) is 8.42 Å². The SMILES string of the molecule is CC(=O)c1ccc(S(=O)(=O)N2CCN(CC(=O)c3ccccc3)CC2)cc1. The number of carbonyl (C=O) groups excluding carboxylic acids is 2. The largest absolute Gasteiger partial charge is 0.295 e. The van der Waals surface area contributed by atoms with Gasteiger partial charge in [-0.3, -0.25) is 14.5 Å². The third-order valence-corrected chi connectivity index (χ3v) is 6.61. The zero-order valence-corrected chi connectivity index (χ0v) is 16.0. The van der Waals surface area contributed by atoms with E-state index in [4.69, 9.17) is 0 Å². The Morgan fingerprint density at radius 2 is 1.44 bits per heavy atom. The first-order chi connectivity index (χ1) is 12.9. The van der Waals surface area contributed by atoms with Crippen molar-refractivity contribution in [2.75, 3.05) is 32.7 Å². The molecule has 2 aromatic carbocycles. The normalized spacial score (nSPS) is 16.2. The fourth-order valence-electron chi connectivity index (χ4n) is 3.06. The molecule has 1 aliphatic rings. The average Bonchev–Trinajstić information content (AvgIpc) is 2.69. The Morgan fingerprint density at radius 1 is 0.852 bits per heavy atom. The van der Waals surface area contributed by atoms with Gasteiger partial charge in [0.25, 0.3) is 0 Å². The summed E-state index contributed by atoms with van der Waals surface area (Å²) in [5.41, 5.74) is 1.15. The predicted molar refractivity (Wildman–Crippen MR) is 102 cm³/mol. The third-order valence-electron chi connectivity index (χ3n) is 4.69. The van der Waals surface area contributed by atoms with E-state index in [0.29, 0.717) is 37.3 Å². The molecule has 0 unspecified atom stereocenters. The number of nitrogens with zero attached hydrogens (tertiary/aromatic N) is 2. The van der Waals surface area contributed by atoms with E-state index in [1.54, 1.807) is 12.1 Å². The summed E-state index contributed by atoms with van der Waals surface area (Å²) in [6.45, 7) is 3.40. The van der Waals surface area contributed by atoms with Crippen molar-refractivity contribution in [3.63, 3.8) is 0 Å². The smallest absolute Gasteiger partial charge is 0.243 e. The Kier molecular flexibility index (Phi) is 5.84. The summed E-state index contributed by atoms with van der Waals surface area (Å²) in [6.07, 6.45) is 0. The van der Waals surface area contributed by atoms with Crippen LogP contribution in [0.3, 0.4) is 0 Å². The molecule has 0 atom stereocenters. The molecular formula is C20H22N2O4S. The first-order valence-corrected chi connectivity index (χ1v) is 10.2. The number of ketones is 2. The van der Waals surface area contributed by atoms with Crippen molar-refractivity contribution >= 4 is 21.6 Å². The van der Waals surface area contributed by atoms with Crippen LogP contribution in [-0.4, -0.2) is 61.9 Å². The first-order valence-electron chi connectivity index (χ1n) is 8.80. The Balaban J connectivity index is 1.61. The van der Waals surface area contributed by atoms with Crippen LogP contribution >= 0.6 is 0 Å². The molecule has 1 saturated heterocycles. The van der Waals surface area contributed by atoms with E-state index in [0.717, 1.165) is 0 Å². The van der Waals surface area contributed by atoms with Gasteiger partial charge < -0.3 is 0 Å². The highest BCUT2D eigenvalue weighted by Gasteiger charge is 2.29. The molecule has 3 rings (SSSR count). The van der Waals surface area contributed by atoms with E-state index in [1.165, 1.54) is 35.5 Å². The van der Waals surface area contributed by atoms with Crippen LogP contribution in [0.5, 0.6) is 0 Å². The quantitative estimate of drug-likeness (QED) is 0.711. The van der Waals surface area contributed by atoms with Crippen molar-refractivity contribution in [2.24, 2.45) is 0 Å². The summed E-state index contributed by atoms with van der Waals surface area (Å²) in [4.78, 5) is 25.8. The summed E-state index contributed by atoms with van der Waals surface area (Å²) in [7, 11) is -3.60. The van der Waals surface area contributed by atoms with Crippen molar-refractivity contribution < 1.29 is 18.0 Å². The average molecular weight is 386 g/mol. The highest BCUT2D eigenvalue weighted by atomic mass is 32.2. The van der Waals surface area contributed by atoms with E-state index >= 15 is 0 Å². The predicted octanol–water partition coefficient (Wildman–Crippen LogP) is 2.08. The van der Waals surface area contributed by atoms with Gasteiger partial charge in [0.2, 0.25) is 10.0 Å². The standard InChI is InChI=1S/C20H22N2O4S/c1-16(23)17-7-9-19(10-8-17)27(25,26)22-13-11-21(12-14-22)15-20(24)18-5-3-2-4-6-18/h2-10H,11-15H2,1H3. The minimum atomic E-state index is -3.60. The van der Waals surface area contributed by atoms with Gasteiger partial charge in [0, 0.05) is 37.3 Å². The maximum Gasteiger partial charge on any atom is 0.243 e. The maximum absolute atomic E-state index is 12.8. The van der Waals surface area contributed by atoms with Crippen LogP contribution in [0.15, 0.2) is 59.5 Å². The Labute approximate surface area is 159 Å². The monoisotopic (exact) mass is 386 g/mol. The van der Waals surface area contributed by atoms with Gasteiger partial charge in [-0.15, -0.1) is 0 Å². The third kappa shape index (κ3) is 4.50. The lowest BCUT2D eigenvalue weighted by Gasteiger charge is -2.33. The van der Waals surface area contributed by atoms with E-state index in [9.17, 15) is 18.0 Å². The van der Waals surface area contributed by atoms with Gasteiger partial charge >= 0.3 is 0 Å². The number of carbonyl (C=O) groups is 2. The zero-order chi connectivity index (χ0) is 19.4. The Morgan fingerprint density at radius 3 is 2.00 bits per heavy atom. The van der Waals surface area contributed by atoms with Crippen molar-refractivity contribution in [2.45, 2.75) is 11.8 Å². The second-order valence-electron chi connectivity index (χ2n) is 6.55. The highest BCUT2D eigenvalue weighted by molar-refractivity contribution is 7.89. The topological polar surface area (TPSA) is 74.8 Å². The minimum absolute atomic E-state index is 0.0340. The van der Waals surface area contributed by atoms with Gasteiger partial charge in [0.15, 0.2) is 11.6 Å². The van der Waals surface area contributed by atoms with Gasteiger partial charge in [-0.05, 0) is 19.1 Å². The van der Waals surface area contributed by atoms with Crippen LogP contribution in [0.25, 0.3) is 0 Å². The number of rotatable bonds is 6. The van der Waals surface area contributed by atoms with Crippen LogP contribution in [0, 0.1) is 0 Å². The van der Waals surface area contributed by atoms with E-state index < -0.39 is 10.0 Å².